The molecule has 0 aromatic heterocycles. The van der Waals surface area contributed by atoms with Gasteiger partial charge in [0.2, 0.25) is 0 Å². The fourth-order valence-corrected chi connectivity index (χ4v) is 2.27. The number of carbonyl (C=O) groups excluding carboxylic acids is 3. The molecule has 0 spiro atoms. The molecule has 1 aromatic rings. The van der Waals surface area contributed by atoms with E-state index in [9.17, 15) is 14.4 Å². The van der Waals surface area contributed by atoms with E-state index in [1.54, 1.807) is 12.1 Å². The van der Waals surface area contributed by atoms with E-state index < -0.39 is 18.1 Å². The lowest BCUT2D eigenvalue weighted by Gasteiger charge is -2.23. The minimum absolute atomic E-state index is 0.166. The van der Waals surface area contributed by atoms with E-state index in [-0.39, 0.29) is 23.8 Å². The van der Waals surface area contributed by atoms with Gasteiger partial charge in [0.05, 0.1) is 0 Å². The highest BCUT2D eigenvalue weighted by Gasteiger charge is 2.31. The maximum atomic E-state index is 12.4. The monoisotopic (exact) mass is 346 g/mol. The van der Waals surface area contributed by atoms with Crippen molar-refractivity contribution < 1.29 is 19.1 Å². The third-order valence-corrected chi connectivity index (χ3v) is 4.11. The van der Waals surface area contributed by atoms with E-state index in [4.69, 9.17) is 4.74 Å². The maximum Gasteiger partial charge on any atom is 0.329 e. The van der Waals surface area contributed by atoms with E-state index in [0.29, 0.717) is 5.56 Å². The van der Waals surface area contributed by atoms with Gasteiger partial charge in [-0.3, -0.25) is 9.59 Å². The van der Waals surface area contributed by atoms with Crippen molar-refractivity contribution >= 4 is 17.8 Å². The van der Waals surface area contributed by atoms with Crippen molar-refractivity contribution in [2.24, 2.45) is 5.92 Å². The highest BCUT2D eigenvalue weighted by Crippen LogP contribution is 2.19. The van der Waals surface area contributed by atoms with Crippen molar-refractivity contribution in [3.8, 4) is 0 Å². The highest BCUT2D eigenvalue weighted by molar-refractivity contribution is 5.97. The van der Waals surface area contributed by atoms with Gasteiger partial charge in [0.15, 0.2) is 6.10 Å². The number of esters is 1. The summed E-state index contributed by atoms with van der Waals surface area (Å²) in [6.07, 6.45) is 1.05. The molecular weight excluding hydrogens is 320 g/mol. The Morgan fingerprint density at radius 3 is 2.20 bits per heavy atom. The number of hydrogen-bond acceptors (Lipinski definition) is 4. The molecule has 6 nitrogen and oxygen atoms in total. The molecule has 0 saturated heterocycles. The first-order chi connectivity index (χ1) is 11.8. The van der Waals surface area contributed by atoms with Crippen LogP contribution in [0.25, 0.3) is 0 Å². The third-order valence-electron chi connectivity index (χ3n) is 4.11. The van der Waals surface area contributed by atoms with Crippen molar-refractivity contribution in [1.29, 1.82) is 0 Å². The van der Waals surface area contributed by atoms with Crippen LogP contribution in [0.3, 0.4) is 0 Å². The fraction of sp³-hybridized carbons (Fsp3) is 0.526. The van der Waals surface area contributed by atoms with Crippen LogP contribution in [-0.4, -0.2) is 36.0 Å². The van der Waals surface area contributed by atoms with E-state index in [1.165, 1.54) is 6.92 Å². The first kappa shape index (κ1) is 19.0. The van der Waals surface area contributed by atoms with Crippen LogP contribution in [0.5, 0.6) is 0 Å². The second kappa shape index (κ2) is 8.14. The normalized spacial score (nSPS) is 16.0. The number of nitrogens with one attached hydrogen (secondary N) is 2. The van der Waals surface area contributed by atoms with Crippen LogP contribution in [0, 0.1) is 12.8 Å². The summed E-state index contributed by atoms with van der Waals surface area (Å²) >= 11 is 0. The summed E-state index contributed by atoms with van der Waals surface area (Å²) in [4.78, 5) is 36.7. The van der Waals surface area contributed by atoms with Crippen LogP contribution in [0.1, 0.15) is 49.5 Å². The number of ether oxygens (including phenoxy) is 1. The molecule has 136 valence electrons. The molecule has 2 amide bonds. The Bertz CT molecular complexity index is 635. The molecule has 25 heavy (non-hydrogen) atoms. The zero-order chi connectivity index (χ0) is 18.6. The zero-order valence-electron chi connectivity index (χ0n) is 15.2. The molecule has 1 aliphatic rings. The van der Waals surface area contributed by atoms with Crippen molar-refractivity contribution in [1.82, 2.24) is 10.6 Å². The van der Waals surface area contributed by atoms with Crippen molar-refractivity contribution in [2.45, 2.75) is 58.7 Å². The van der Waals surface area contributed by atoms with Gasteiger partial charge >= 0.3 is 5.97 Å². The Morgan fingerprint density at radius 2 is 1.68 bits per heavy atom. The lowest BCUT2D eigenvalue weighted by Crippen LogP contribution is -2.47. The number of benzene rings is 1. The van der Waals surface area contributed by atoms with Gasteiger partial charge in [-0.15, -0.1) is 0 Å². The second-order valence-electron chi connectivity index (χ2n) is 6.92. The third kappa shape index (κ3) is 5.59. The van der Waals surface area contributed by atoms with Crippen LogP contribution >= 0.6 is 0 Å². The molecule has 1 aliphatic carbocycles. The number of rotatable bonds is 7. The summed E-state index contributed by atoms with van der Waals surface area (Å²) in [6.45, 7) is 7.10. The predicted molar refractivity (Wildman–Crippen MR) is 94.0 cm³/mol. The van der Waals surface area contributed by atoms with Gasteiger partial charge in [-0.25, -0.2) is 4.79 Å². The molecule has 2 rings (SSSR count). The Kier molecular flexibility index (Phi) is 6.17. The Balaban J connectivity index is 1.96. The van der Waals surface area contributed by atoms with Crippen LogP contribution in [0.2, 0.25) is 0 Å². The van der Waals surface area contributed by atoms with Gasteiger partial charge in [-0.1, -0.05) is 31.5 Å². The minimum atomic E-state index is -0.884. The summed E-state index contributed by atoms with van der Waals surface area (Å²) in [5, 5.41) is 5.50. The molecule has 0 aliphatic heterocycles. The quantitative estimate of drug-likeness (QED) is 0.739. The molecular formula is C19H26N2O4. The minimum Gasteiger partial charge on any atom is -0.451 e. The summed E-state index contributed by atoms with van der Waals surface area (Å²) in [7, 11) is 0. The smallest absolute Gasteiger partial charge is 0.329 e. The molecule has 6 heteroatoms. The first-order valence-corrected chi connectivity index (χ1v) is 8.66. The molecule has 2 unspecified atom stereocenters. The summed E-state index contributed by atoms with van der Waals surface area (Å²) in [5.74, 6) is -1.41. The summed E-state index contributed by atoms with van der Waals surface area (Å²) in [5.41, 5.74) is 1.52. The average molecular weight is 346 g/mol. The number of carbonyl (C=O) groups is 3. The van der Waals surface area contributed by atoms with Crippen LogP contribution in [0.15, 0.2) is 24.3 Å². The Morgan fingerprint density at radius 1 is 1.08 bits per heavy atom. The largest absolute Gasteiger partial charge is 0.451 e. The van der Waals surface area contributed by atoms with Gasteiger partial charge < -0.3 is 15.4 Å². The molecule has 1 aromatic carbocycles. The standard InChI is InChI=1S/C19H26N2O4/c1-11(2)16(21-18(23)14-7-5-12(3)6-8-14)19(24)25-13(4)17(22)20-15-9-10-15/h5-8,11,13,15-16H,9-10H2,1-4H3,(H,20,22)(H,21,23). The first-order valence-electron chi connectivity index (χ1n) is 8.66. The van der Waals surface area contributed by atoms with Gasteiger partial charge in [0.25, 0.3) is 11.8 Å². The van der Waals surface area contributed by atoms with Crippen LogP contribution < -0.4 is 10.6 Å². The summed E-state index contributed by atoms with van der Waals surface area (Å²) in [6, 6.07) is 6.47. The second-order valence-corrected chi connectivity index (χ2v) is 6.92. The average Bonchev–Trinajstić information content (AvgIpc) is 3.36. The van der Waals surface area contributed by atoms with Crippen LogP contribution in [-0.2, 0) is 14.3 Å². The van der Waals surface area contributed by atoms with Gasteiger partial charge in [-0.2, -0.15) is 0 Å². The molecule has 2 N–H and O–H groups in total. The Labute approximate surface area is 148 Å². The molecule has 1 saturated carbocycles. The number of hydrogen-bond donors (Lipinski definition) is 2. The number of aryl methyl sites for hydroxylation is 1. The lowest BCUT2D eigenvalue weighted by molar-refractivity contribution is -0.157. The highest BCUT2D eigenvalue weighted by atomic mass is 16.5. The Hall–Kier alpha value is -2.37. The maximum absolute atomic E-state index is 12.4. The summed E-state index contributed by atoms with van der Waals surface area (Å²) < 4.78 is 5.25. The predicted octanol–water partition coefficient (Wildman–Crippen LogP) is 1.96. The van der Waals surface area contributed by atoms with E-state index >= 15 is 0 Å². The van der Waals surface area contributed by atoms with Gasteiger partial charge in [-0.05, 0) is 44.7 Å². The lowest BCUT2D eigenvalue weighted by atomic mass is 10.0. The zero-order valence-corrected chi connectivity index (χ0v) is 15.2. The van der Waals surface area contributed by atoms with Gasteiger partial charge in [0, 0.05) is 11.6 Å². The van der Waals surface area contributed by atoms with E-state index in [0.717, 1.165) is 18.4 Å². The SMILES string of the molecule is Cc1ccc(C(=O)NC(C(=O)OC(C)C(=O)NC2CC2)C(C)C)cc1. The molecule has 0 heterocycles. The molecule has 0 radical (unpaired) electrons. The van der Waals surface area contributed by atoms with Crippen LogP contribution in [0.4, 0.5) is 0 Å². The van der Waals surface area contributed by atoms with E-state index in [1.807, 2.05) is 32.9 Å². The molecule has 0 bridgehead atoms. The van der Waals surface area contributed by atoms with E-state index in [2.05, 4.69) is 10.6 Å². The van der Waals surface area contributed by atoms with Crippen molar-refractivity contribution in [3.05, 3.63) is 35.4 Å². The van der Waals surface area contributed by atoms with Crippen molar-refractivity contribution in [2.75, 3.05) is 0 Å². The topological polar surface area (TPSA) is 84.5 Å². The van der Waals surface area contributed by atoms with Gasteiger partial charge in [0.1, 0.15) is 6.04 Å². The number of amides is 2. The van der Waals surface area contributed by atoms with Crippen molar-refractivity contribution in [3.63, 3.8) is 0 Å². The fourth-order valence-electron chi connectivity index (χ4n) is 2.27. The molecule has 2 atom stereocenters. The molecule has 1 fully saturated rings.